The van der Waals surface area contributed by atoms with Crippen molar-refractivity contribution in [1.82, 2.24) is 0 Å². The molecule has 0 atom stereocenters. The van der Waals surface area contributed by atoms with Crippen molar-refractivity contribution in [3.05, 3.63) is 157 Å². The first-order valence-electron chi connectivity index (χ1n) is 15.1. The van der Waals surface area contributed by atoms with Gasteiger partial charge in [0.15, 0.2) is 0 Å². The second kappa shape index (κ2) is 10.8. The van der Waals surface area contributed by atoms with Gasteiger partial charge in [0.25, 0.3) is 0 Å². The van der Waals surface area contributed by atoms with Gasteiger partial charge in [0.2, 0.25) is 0 Å². The minimum atomic E-state index is 1.20. The monoisotopic (exact) mass is 578 g/mol. The summed E-state index contributed by atoms with van der Waals surface area (Å²) < 4.78 is 2.68. The molecule has 1 heterocycles. The Morgan fingerprint density at radius 1 is 0.523 bits per heavy atom. The molecule has 8 aromatic rings. The van der Waals surface area contributed by atoms with Crippen LogP contribution < -0.4 is 10.4 Å². The molecule has 8 rings (SSSR count). The zero-order valence-corrected chi connectivity index (χ0v) is 25.4. The maximum absolute atomic E-state index is 4.12. The van der Waals surface area contributed by atoms with Crippen LogP contribution in [0.25, 0.3) is 87.2 Å². The average molecular weight is 579 g/mol. The first-order valence-corrected chi connectivity index (χ1v) is 15.9. The molecule has 7 aromatic carbocycles. The zero-order valence-electron chi connectivity index (χ0n) is 24.5. The molecule has 0 fully saturated rings. The molecule has 0 radical (unpaired) electrons. The van der Waals surface area contributed by atoms with Gasteiger partial charge in [-0.2, -0.15) is 0 Å². The molecule has 0 aliphatic heterocycles. The Kier molecular flexibility index (Phi) is 6.47. The summed E-state index contributed by atoms with van der Waals surface area (Å²) in [6, 6.07) is 48.8. The summed E-state index contributed by atoms with van der Waals surface area (Å²) in [5.74, 6) is 0. The fraction of sp³-hybridized carbons (Fsp3) is 0.0233. The lowest BCUT2D eigenvalue weighted by molar-refractivity contribution is 1.51. The summed E-state index contributed by atoms with van der Waals surface area (Å²) in [7, 11) is 0. The Labute approximate surface area is 261 Å². The molecule has 0 unspecified atom stereocenters. The first kappa shape index (κ1) is 26.4. The molecule has 0 amide bonds. The van der Waals surface area contributed by atoms with Crippen molar-refractivity contribution in [2.24, 2.45) is 0 Å². The van der Waals surface area contributed by atoms with Gasteiger partial charge in [0, 0.05) is 20.2 Å². The molecule has 44 heavy (non-hydrogen) atoms. The first-order chi connectivity index (χ1) is 21.7. The van der Waals surface area contributed by atoms with Crippen LogP contribution in [0.5, 0.6) is 0 Å². The Morgan fingerprint density at radius 2 is 1.14 bits per heavy atom. The smallest absolute Gasteiger partial charge is 0.0433 e. The summed E-state index contributed by atoms with van der Waals surface area (Å²) in [6.07, 6.45) is 6.35. The number of hydrogen-bond acceptors (Lipinski definition) is 1. The molecule has 0 aliphatic carbocycles. The normalized spacial score (nSPS) is 12.6. The van der Waals surface area contributed by atoms with Crippen LogP contribution >= 0.6 is 11.3 Å². The Bertz CT molecular complexity index is 2510. The molecule has 0 saturated carbocycles. The van der Waals surface area contributed by atoms with E-state index in [4.69, 9.17) is 0 Å². The van der Waals surface area contributed by atoms with Crippen molar-refractivity contribution in [2.45, 2.75) is 6.92 Å². The fourth-order valence-corrected chi connectivity index (χ4v) is 8.07. The van der Waals surface area contributed by atoms with Crippen molar-refractivity contribution in [3.8, 4) is 33.4 Å². The van der Waals surface area contributed by atoms with Crippen LogP contribution in [0.4, 0.5) is 0 Å². The predicted octanol–water partition coefficient (Wildman–Crippen LogP) is 11.1. The van der Waals surface area contributed by atoms with Crippen molar-refractivity contribution in [2.75, 3.05) is 0 Å². The summed E-state index contributed by atoms with van der Waals surface area (Å²) in [6.45, 7) is 6.26. The van der Waals surface area contributed by atoms with Gasteiger partial charge in [-0.1, -0.05) is 146 Å². The number of fused-ring (bicyclic) bond motifs is 5. The van der Waals surface area contributed by atoms with Gasteiger partial charge in [-0.15, -0.1) is 11.3 Å². The van der Waals surface area contributed by atoms with Gasteiger partial charge in [-0.3, -0.25) is 0 Å². The SMILES string of the molecule is C=C/C=c1/c(-c2ccc3ccccc3c2)c2ccccc2c(-c2ccc(-c3cccc4c3sc3ccccc34)cc2)/c1=C/C. The standard InChI is InChI=1S/C43H30S/c1-3-12-36-33(4-2)41(37-16-7-8-17-38(37)42(36)32-26-21-28-13-5-6-14-31(28)27-32)30-24-22-29(23-25-30)34-18-11-19-39-35-15-9-10-20-40(35)44-43(34)39/h3-27H,1H2,2H3/b33-4+,36-12+. The van der Waals surface area contributed by atoms with E-state index in [0.29, 0.717) is 0 Å². The third-order valence-electron chi connectivity index (χ3n) is 8.79. The Hall–Kier alpha value is -5.24. The lowest BCUT2D eigenvalue weighted by atomic mass is 9.87. The van der Waals surface area contributed by atoms with Crippen molar-refractivity contribution < 1.29 is 0 Å². The highest BCUT2D eigenvalue weighted by atomic mass is 32.1. The highest BCUT2D eigenvalue weighted by Gasteiger charge is 2.16. The molecule has 0 saturated heterocycles. The Morgan fingerprint density at radius 3 is 1.89 bits per heavy atom. The number of rotatable bonds is 4. The summed E-state index contributed by atoms with van der Waals surface area (Å²) in [5, 5.41) is 10.1. The molecule has 0 nitrogen and oxygen atoms in total. The zero-order chi connectivity index (χ0) is 29.6. The van der Waals surface area contributed by atoms with Crippen molar-refractivity contribution >= 4 is 65.2 Å². The molecule has 1 heteroatoms. The molecule has 1 aromatic heterocycles. The van der Waals surface area contributed by atoms with Gasteiger partial charge in [-0.05, 0) is 84.4 Å². The third kappa shape index (κ3) is 4.20. The highest BCUT2D eigenvalue weighted by Crippen LogP contribution is 2.40. The van der Waals surface area contributed by atoms with Crippen molar-refractivity contribution in [3.63, 3.8) is 0 Å². The third-order valence-corrected chi connectivity index (χ3v) is 10.0. The quantitative estimate of drug-likeness (QED) is 0.195. The van der Waals surface area contributed by atoms with Gasteiger partial charge < -0.3 is 0 Å². The number of thiophene rings is 1. The van der Waals surface area contributed by atoms with E-state index in [1.807, 2.05) is 17.4 Å². The minimum Gasteiger partial charge on any atom is -0.135 e. The summed E-state index contributed by atoms with van der Waals surface area (Å²) >= 11 is 1.88. The molecule has 0 bridgehead atoms. The van der Waals surface area contributed by atoms with E-state index in [-0.39, 0.29) is 0 Å². The van der Waals surface area contributed by atoms with Crippen LogP contribution in [-0.4, -0.2) is 0 Å². The lowest BCUT2D eigenvalue weighted by Gasteiger charge is -2.16. The maximum atomic E-state index is 4.12. The van der Waals surface area contributed by atoms with E-state index < -0.39 is 0 Å². The van der Waals surface area contributed by atoms with Crippen LogP contribution in [-0.2, 0) is 0 Å². The molecule has 0 spiro atoms. The second-order valence-electron chi connectivity index (χ2n) is 11.2. The number of hydrogen-bond donors (Lipinski definition) is 0. The molecule has 208 valence electrons. The molecule has 0 aliphatic rings. The number of allylic oxidation sites excluding steroid dienone is 1. The van der Waals surface area contributed by atoms with Gasteiger partial charge in [0.05, 0.1) is 0 Å². The topological polar surface area (TPSA) is 0 Å². The fourth-order valence-electron chi connectivity index (χ4n) is 6.83. The molecular weight excluding hydrogens is 549 g/mol. The highest BCUT2D eigenvalue weighted by molar-refractivity contribution is 7.26. The van der Waals surface area contributed by atoms with Gasteiger partial charge >= 0.3 is 0 Å². The van der Waals surface area contributed by atoms with E-state index in [9.17, 15) is 0 Å². The van der Waals surface area contributed by atoms with Gasteiger partial charge in [0.1, 0.15) is 0 Å². The van der Waals surface area contributed by atoms with E-state index in [2.05, 4.69) is 159 Å². The van der Waals surface area contributed by atoms with Crippen LogP contribution in [0.1, 0.15) is 6.92 Å². The average Bonchev–Trinajstić information content (AvgIpc) is 3.47. The van der Waals surface area contributed by atoms with Crippen LogP contribution in [0, 0.1) is 0 Å². The van der Waals surface area contributed by atoms with Crippen molar-refractivity contribution in [1.29, 1.82) is 0 Å². The van der Waals surface area contributed by atoms with E-state index in [1.54, 1.807) is 0 Å². The largest absolute Gasteiger partial charge is 0.135 e. The molecular formula is C43H30S. The van der Waals surface area contributed by atoms with E-state index >= 15 is 0 Å². The lowest BCUT2D eigenvalue weighted by Crippen LogP contribution is -2.29. The Balaban J connectivity index is 1.35. The summed E-state index contributed by atoms with van der Waals surface area (Å²) in [5.41, 5.74) is 7.46. The number of benzene rings is 7. The van der Waals surface area contributed by atoms with E-state index in [0.717, 1.165) is 0 Å². The van der Waals surface area contributed by atoms with Crippen LogP contribution in [0.2, 0.25) is 0 Å². The van der Waals surface area contributed by atoms with E-state index in [1.165, 1.54) is 85.5 Å². The van der Waals surface area contributed by atoms with Gasteiger partial charge in [-0.25, -0.2) is 0 Å². The second-order valence-corrected chi connectivity index (χ2v) is 12.3. The summed E-state index contributed by atoms with van der Waals surface area (Å²) in [4.78, 5) is 0. The minimum absolute atomic E-state index is 1.20. The maximum Gasteiger partial charge on any atom is 0.0433 e. The van der Waals surface area contributed by atoms with Crippen LogP contribution in [0.3, 0.4) is 0 Å². The molecule has 0 N–H and O–H groups in total. The predicted molar refractivity (Wildman–Crippen MR) is 195 cm³/mol. The van der Waals surface area contributed by atoms with Crippen LogP contribution in [0.15, 0.2) is 146 Å².